The van der Waals surface area contributed by atoms with Crippen molar-refractivity contribution in [1.29, 1.82) is 0 Å². The molecular weight excluding hydrogens is 140 g/mol. The fourth-order valence-corrected chi connectivity index (χ4v) is 0.912. The van der Waals surface area contributed by atoms with Crippen molar-refractivity contribution in [2.45, 2.75) is 0 Å². The van der Waals surface area contributed by atoms with E-state index in [-0.39, 0.29) is 5.56 Å². The molecule has 3 nitrogen and oxygen atoms in total. The van der Waals surface area contributed by atoms with Crippen LogP contribution in [0.3, 0.4) is 0 Å². The van der Waals surface area contributed by atoms with Crippen molar-refractivity contribution in [2.75, 3.05) is 0 Å². The topological polar surface area (TPSA) is 34.4 Å². The van der Waals surface area contributed by atoms with Gasteiger partial charge in [0, 0.05) is 12.4 Å². The summed E-state index contributed by atoms with van der Waals surface area (Å²) in [6, 6.07) is 7.95. The lowest BCUT2D eigenvalue weighted by Crippen LogP contribution is -2.06. The van der Waals surface area contributed by atoms with Crippen LogP contribution in [0.25, 0.3) is 5.65 Å². The van der Waals surface area contributed by atoms with E-state index in [1.165, 1.54) is 0 Å². The number of hydrogen-bond acceptors (Lipinski definition) is 2. The molecule has 2 heterocycles. The molecule has 2 rings (SSSR count). The van der Waals surface area contributed by atoms with Gasteiger partial charge in [0.1, 0.15) is 5.65 Å². The lowest BCUT2D eigenvalue weighted by molar-refractivity contribution is 1.07. The molecule has 0 aromatic carbocycles. The van der Waals surface area contributed by atoms with Crippen LogP contribution in [-0.4, -0.2) is 9.38 Å². The summed E-state index contributed by atoms with van der Waals surface area (Å²) in [6.45, 7) is 0. The molecular formula is C8H5N2O. The lowest BCUT2D eigenvalue weighted by Gasteiger charge is -1.94. The Balaban J connectivity index is 2.94. The van der Waals surface area contributed by atoms with E-state index < -0.39 is 0 Å². The first-order valence-corrected chi connectivity index (χ1v) is 3.22. The molecule has 0 saturated carbocycles. The van der Waals surface area contributed by atoms with Crippen LogP contribution in [0.2, 0.25) is 0 Å². The van der Waals surface area contributed by atoms with E-state index >= 15 is 0 Å². The quantitative estimate of drug-likeness (QED) is 0.540. The Hall–Kier alpha value is -1.64. The smallest absolute Gasteiger partial charge is 0.281 e. The Morgan fingerprint density at radius 3 is 3.27 bits per heavy atom. The fourth-order valence-electron chi connectivity index (χ4n) is 0.912. The van der Waals surface area contributed by atoms with Gasteiger partial charge < -0.3 is 4.40 Å². The summed E-state index contributed by atoms with van der Waals surface area (Å²) in [6.07, 6.45) is 3.39. The molecule has 11 heavy (non-hydrogen) atoms. The van der Waals surface area contributed by atoms with Gasteiger partial charge in [-0.15, -0.1) is 0 Å². The predicted molar refractivity (Wildman–Crippen MR) is 40.3 cm³/mol. The van der Waals surface area contributed by atoms with Crippen LogP contribution in [0.15, 0.2) is 35.4 Å². The summed E-state index contributed by atoms with van der Waals surface area (Å²) in [5.74, 6) is 0. The number of nitrogens with zero attached hydrogens (tertiary/aromatic N) is 2. The van der Waals surface area contributed by atoms with Crippen LogP contribution >= 0.6 is 0 Å². The van der Waals surface area contributed by atoms with E-state index in [0.29, 0.717) is 5.65 Å². The number of pyridine rings is 1. The first-order chi connectivity index (χ1) is 5.36. The van der Waals surface area contributed by atoms with Crippen molar-refractivity contribution < 1.29 is 0 Å². The number of aromatic nitrogens is 2. The Bertz CT molecular complexity index is 433. The molecule has 1 radical (unpaired) electrons. The first-order valence-electron chi connectivity index (χ1n) is 3.22. The third kappa shape index (κ3) is 1.00. The van der Waals surface area contributed by atoms with Crippen LogP contribution in [0, 0.1) is 6.07 Å². The van der Waals surface area contributed by atoms with Gasteiger partial charge in [-0.2, -0.15) is 4.98 Å². The normalized spacial score (nSPS) is 10.2. The molecule has 0 spiro atoms. The van der Waals surface area contributed by atoms with Crippen molar-refractivity contribution in [3.63, 3.8) is 0 Å². The average Bonchev–Trinajstić information content (AvgIpc) is 2.04. The van der Waals surface area contributed by atoms with E-state index in [9.17, 15) is 4.79 Å². The minimum Gasteiger partial charge on any atom is -0.308 e. The Morgan fingerprint density at radius 1 is 1.45 bits per heavy atom. The van der Waals surface area contributed by atoms with Gasteiger partial charge in [-0.05, 0) is 12.1 Å². The molecule has 0 atom stereocenters. The maximum Gasteiger partial charge on any atom is 0.281 e. The standard InChI is InChI=1S/C8H5N2O/c11-8-4-6-10-5-2-1-3-7(10)9-8/h1-3,5-6H. The molecule has 2 aromatic rings. The third-order valence-electron chi connectivity index (χ3n) is 1.41. The zero-order valence-electron chi connectivity index (χ0n) is 5.69. The van der Waals surface area contributed by atoms with Crippen molar-refractivity contribution in [1.82, 2.24) is 9.38 Å². The molecule has 0 aliphatic heterocycles. The van der Waals surface area contributed by atoms with E-state index in [1.807, 2.05) is 18.3 Å². The molecule has 0 N–H and O–H groups in total. The van der Waals surface area contributed by atoms with Crippen LogP contribution < -0.4 is 5.56 Å². The van der Waals surface area contributed by atoms with Gasteiger partial charge in [0.15, 0.2) is 0 Å². The molecule has 0 aliphatic carbocycles. The zero-order valence-corrected chi connectivity index (χ0v) is 5.69. The summed E-state index contributed by atoms with van der Waals surface area (Å²) in [4.78, 5) is 14.4. The van der Waals surface area contributed by atoms with Crippen molar-refractivity contribution in [3.8, 4) is 0 Å². The molecule has 0 fully saturated rings. The molecule has 2 aromatic heterocycles. The Kier molecular flexibility index (Phi) is 1.22. The van der Waals surface area contributed by atoms with E-state index in [2.05, 4.69) is 11.1 Å². The van der Waals surface area contributed by atoms with Gasteiger partial charge in [-0.3, -0.25) is 4.79 Å². The summed E-state index contributed by atoms with van der Waals surface area (Å²) < 4.78 is 1.74. The average molecular weight is 145 g/mol. The summed E-state index contributed by atoms with van der Waals surface area (Å²) in [5.41, 5.74) is 0.326. The molecule has 53 valence electrons. The van der Waals surface area contributed by atoms with Gasteiger partial charge in [0.25, 0.3) is 5.56 Å². The fraction of sp³-hybridized carbons (Fsp3) is 0. The number of hydrogen-bond donors (Lipinski definition) is 0. The van der Waals surface area contributed by atoms with Gasteiger partial charge in [0.2, 0.25) is 0 Å². The van der Waals surface area contributed by atoms with Gasteiger partial charge in [0.05, 0.1) is 6.07 Å². The highest BCUT2D eigenvalue weighted by Crippen LogP contribution is 1.93. The van der Waals surface area contributed by atoms with Crippen molar-refractivity contribution in [2.24, 2.45) is 0 Å². The van der Waals surface area contributed by atoms with E-state index in [1.54, 1.807) is 16.7 Å². The maximum absolute atomic E-state index is 10.7. The van der Waals surface area contributed by atoms with Gasteiger partial charge in [-0.1, -0.05) is 6.07 Å². The monoisotopic (exact) mass is 145 g/mol. The second-order valence-corrected chi connectivity index (χ2v) is 2.16. The van der Waals surface area contributed by atoms with Crippen LogP contribution in [0.5, 0.6) is 0 Å². The Morgan fingerprint density at radius 2 is 2.36 bits per heavy atom. The van der Waals surface area contributed by atoms with Crippen LogP contribution in [0.1, 0.15) is 0 Å². The SMILES string of the molecule is O=c1[c]cn2ccccc2n1. The summed E-state index contributed by atoms with van der Waals surface area (Å²) in [7, 11) is 0. The van der Waals surface area contributed by atoms with Crippen molar-refractivity contribution in [3.05, 3.63) is 47.0 Å². The minimum absolute atomic E-state index is 0.323. The van der Waals surface area contributed by atoms with Gasteiger partial charge >= 0.3 is 0 Å². The number of fused-ring (bicyclic) bond motifs is 1. The largest absolute Gasteiger partial charge is 0.308 e. The van der Waals surface area contributed by atoms with Gasteiger partial charge in [-0.25, -0.2) is 0 Å². The molecule has 3 heteroatoms. The summed E-state index contributed by atoms with van der Waals surface area (Å²) >= 11 is 0. The second-order valence-electron chi connectivity index (χ2n) is 2.16. The highest BCUT2D eigenvalue weighted by Gasteiger charge is 1.89. The van der Waals surface area contributed by atoms with Crippen molar-refractivity contribution >= 4 is 5.65 Å². The molecule has 0 unspecified atom stereocenters. The molecule has 0 amide bonds. The molecule has 0 bridgehead atoms. The second kappa shape index (κ2) is 2.20. The minimum atomic E-state index is -0.323. The van der Waals surface area contributed by atoms with Crippen LogP contribution in [0.4, 0.5) is 0 Å². The zero-order chi connectivity index (χ0) is 7.68. The first kappa shape index (κ1) is 6.09. The maximum atomic E-state index is 10.7. The highest BCUT2D eigenvalue weighted by molar-refractivity contribution is 5.35. The molecule has 0 saturated heterocycles. The van der Waals surface area contributed by atoms with E-state index in [4.69, 9.17) is 0 Å². The highest BCUT2D eigenvalue weighted by atomic mass is 16.1. The Labute approximate surface area is 62.9 Å². The van der Waals surface area contributed by atoms with E-state index in [0.717, 1.165) is 0 Å². The number of rotatable bonds is 0. The lowest BCUT2D eigenvalue weighted by atomic mass is 10.4. The van der Waals surface area contributed by atoms with Crippen LogP contribution in [-0.2, 0) is 0 Å². The predicted octanol–water partition coefficient (Wildman–Crippen LogP) is 0.495. The summed E-state index contributed by atoms with van der Waals surface area (Å²) in [5, 5.41) is 0. The third-order valence-corrected chi connectivity index (χ3v) is 1.41. The molecule has 0 aliphatic rings.